The summed E-state index contributed by atoms with van der Waals surface area (Å²) in [6.45, 7) is 0. The van der Waals surface area contributed by atoms with Crippen LogP contribution in [0.4, 0.5) is 15.9 Å². The molecule has 5 rings (SSSR count). The topological polar surface area (TPSA) is 82.3 Å². The molecular formula is C19H13FN6. The van der Waals surface area contributed by atoms with Gasteiger partial charge in [0, 0.05) is 41.4 Å². The van der Waals surface area contributed by atoms with Gasteiger partial charge in [-0.1, -0.05) is 0 Å². The summed E-state index contributed by atoms with van der Waals surface area (Å²) in [5.74, 6) is 0.800. The van der Waals surface area contributed by atoms with E-state index in [1.165, 1.54) is 6.07 Å². The van der Waals surface area contributed by atoms with E-state index in [1.807, 2.05) is 42.7 Å². The first-order valence-corrected chi connectivity index (χ1v) is 8.07. The normalized spacial score (nSPS) is 11.3. The Bertz CT molecular complexity index is 1230. The molecular weight excluding hydrogens is 331 g/mol. The number of benzene rings is 1. The lowest BCUT2D eigenvalue weighted by atomic mass is 10.2. The fourth-order valence-corrected chi connectivity index (χ4v) is 2.99. The molecule has 6 nitrogen and oxygen atoms in total. The van der Waals surface area contributed by atoms with E-state index in [1.54, 1.807) is 12.4 Å². The number of halogens is 1. The van der Waals surface area contributed by atoms with Crippen LogP contribution in [0.2, 0.25) is 0 Å². The number of nitrogens with one attached hydrogen (secondary N) is 3. The van der Waals surface area contributed by atoms with Crippen molar-refractivity contribution >= 4 is 33.4 Å². The van der Waals surface area contributed by atoms with Crippen molar-refractivity contribution in [3.05, 3.63) is 67.0 Å². The van der Waals surface area contributed by atoms with Crippen molar-refractivity contribution in [2.75, 3.05) is 5.32 Å². The molecule has 4 aromatic heterocycles. The van der Waals surface area contributed by atoms with Crippen molar-refractivity contribution in [3.8, 4) is 11.4 Å². The second-order valence-corrected chi connectivity index (χ2v) is 5.90. The van der Waals surface area contributed by atoms with Gasteiger partial charge in [0.15, 0.2) is 11.5 Å². The molecule has 0 fully saturated rings. The van der Waals surface area contributed by atoms with E-state index in [9.17, 15) is 4.39 Å². The fourth-order valence-electron chi connectivity index (χ4n) is 2.99. The zero-order chi connectivity index (χ0) is 17.5. The highest BCUT2D eigenvalue weighted by molar-refractivity contribution is 5.91. The maximum Gasteiger partial charge on any atom is 0.165 e. The summed E-state index contributed by atoms with van der Waals surface area (Å²) >= 11 is 0. The van der Waals surface area contributed by atoms with Crippen molar-refractivity contribution in [2.45, 2.75) is 0 Å². The van der Waals surface area contributed by atoms with E-state index < -0.39 is 0 Å². The van der Waals surface area contributed by atoms with Crippen LogP contribution in [0.25, 0.3) is 33.3 Å². The van der Waals surface area contributed by atoms with Gasteiger partial charge >= 0.3 is 0 Å². The quantitative estimate of drug-likeness (QED) is 0.453. The number of H-pyrrole nitrogens is 2. The number of pyridine rings is 1. The molecule has 1 aromatic carbocycles. The monoisotopic (exact) mass is 344 g/mol. The molecule has 26 heavy (non-hydrogen) atoms. The molecule has 5 aromatic rings. The van der Waals surface area contributed by atoms with Gasteiger partial charge in [-0.2, -0.15) is 0 Å². The van der Waals surface area contributed by atoms with Crippen molar-refractivity contribution in [3.63, 3.8) is 0 Å². The molecule has 0 unspecified atom stereocenters. The number of hydrogen-bond acceptors (Lipinski definition) is 4. The van der Waals surface area contributed by atoms with Crippen molar-refractivity contribution in [2.24, 2.45) is 0 Å². The average molecular weight is 344 g/mol. The minimum absolute atomic E-state index is 0.322. The number of aromatic nitrogens is 5. The minimum atomic E-state index is -0.322. The molecule has 0 spiro atoms. The van der Waals surface area contributed by atoms with Gasteiger partial charge < -0.3 is 15.3 Å². The van der Waals surface area contributed by atoms with E-state index in [2.05, 4.69) is 30.2 Å². The minimum Gasteiger partial charge on any atom is -0.367 e. The molecule has 0 bridgehead atoms. The molecule has 4 heterocycles. The lowest BCUT2D eigenvalue weighted by Crippen LogP contribution is -2.00. The Morgan fingerprint density at radius 2 is 2.00 bits per heavy atom. The van der Waals surface area contributed by atoms with Crippen LogP contribution in [0.3, 0.4) is 0 Å². The third-order valence-electron chi connectivity index (χ3n) is 4.20. The van der Waals surface area contributed by atoms with Gasteiger partial charge in [-0.3, -0.25) is 0 Å². The predicted octanol–water partition coefficient (Wildman–Crippen LogP) is 4.38. The van der Waals surface area contributed by atoms with Crippen LogP contribution >= 0.6 is 0 Å². The molecule has 3 N–H and O–H groups in total. The van der Waals surface area contributed by atoms with Gasteiger partial charge in [0.25, 0.3) is 0 Å². The second kappa shape index (κ2) is 5.66. The lowest BCUT2D eigenvalue weighted by Gasteiger charge is -2.10. The van der Waals surface area contributed by atoms with E-state index in [0.717, 1.165) is 16.3 Å². The van der Waals surface area contributed by atoms with Crippen molar-refractivity contribution < 1.29 is 4.39 Å². The predicted molar refractivity (Wildman–Crippen MR) is 98.7 cm³/mol. The number of nitrogens with zero attached hydrogens (tertiary/aromatic N) is 3. The smallest absolute Gasteiger partial charge is 0.165 e. The molecule has 0 atom stereocenters. The SMILES string of the molecule is Fc1cc(Nc2nc(-c3cc[nH]c3)nc3ncccc23)cc2cc[nH]c12. The zero-order valence-corrected chi connectivity index (χ0v) is 13.5. The van der Waals surface area contributed by atoms with Gasteiger partial charge in [-0.15, -0.1) is 0 Å². The molecule has 0 saturated carbocycles. The Morgan fingerprint density at radius 3 is 2.88 bits per heavy atom. The average Bonchev–Trinajstić information content (AvgIpc) is 3.33. The highest BCUT2D eigenvalue weighted by Crippen LogP contribution is 2.28. The maximum absolute atomic E-state index is 14.3. The largest absolute Gasteiger partial charge is 0.367 e. The molecule has 0 aliphatic heterocycles. The van der Waals surface area contributed by atoms with Crippen molar-refractivity contribution in [1.29, 1.82) is 0 Å². The summed E-state index contributed by atoms with van der Waals surface area (Å²) < 4.78 is 14.3. The van der Waals surface area contributed by atoms with Crippen LogP contribution in [0.1, 0.15) is 0 Å². The van der Waals surface area contributed by atoms with E-state index >= 15 is 0 Å². The van der Waals surface area contributed by atoms with Crippen LogP contribution < -0.4 is 5.32 Å². The number of rotatable bonds is 3. The standard InChI is InChI=1S/C19H13FN6/c20-15-9-13(8-11-4-7-22-16(11)15)24-19-14-2-1-5-23-18(14)25-17(26-19)12-3-6-21-10-12/h1-10,21-22H,(H,23,24,25,26). The summed E-state index contributed by atoms with van der Waals surface area (Å²) in [5.41, 5.74) is 2.52. The zero-order valence-electron chi connectivity index (χ0n) is 13.5. The summed E-state index contributed by atoms with van der Waals surface area (Å²) in [4.78, 5) is 19.4. The fraction of sp³-hybridized carbons (Fsp3) is 0. The molecule has 0 aliphatic carbocycles. The third kappa shape index (κ3) is 2.37. The summed E-state index contributed by atoms with van der Waals surface area (Å²) in [5, 5.41) is 4.77. The summed E-state index contributed by atoms with van der Waals surface area (Å²) in [7, 11) is 0. The number of aromatic amines is 2. The van der Waals surface area contributed by atoms with Crippen LogP contribution in [0.5, 0.6) is 0 Å². The van der Waals surface area contributed by atoms with Crippen molar-refractivity contribution in [1.82, 2.24) is 24.9 Å². The third-order valence-corrected chi connectivity index (χ3v) is 4.20. The van der Waals surface area contributed by atoms with Crippen LogP contribution in [0, 0.1) is 5.82 Å². The Hall–Kier alpha value is -3.74. The van der Waals surface area contributed by atoms with Gasteiger partial charge in [0.2, 0.25) is 0 Å². The molecule has 7 heteroatoms. The van der Waals surface area contributed by atoms with Crippen LogP contribution in [-0.2, 0) is 0 Å². The Morgan fingerprint density at radius 1 is 1.04 bits per heavy atom. The molecule has 0 aliphatic rings. The van der Waals surface area contributed by atoms with E-state index in [-0.39, 0.29) is 5.82 Å². The van der Waals surface area contributed by atoms with Crippen LogP contribution in [-0.4, -0.2) is 24.9 Å². The van der Waals surface area contributed by atoms with Gasteiger partial charge in [-0.05, 0) is 36.4 Å². The van der Waals surface area contributed by atoms with Gasteiger partial charge in [-0.25, -0.2) is 19.3 Å². The van der Waals surface area contributed by atoms with E-state index in [0.29, 0.717) is 28.5 Å². The molecule has 0 radical (unpaired) electrons. The number of hydrogen-bond donors (Lipinski definition) is 3. The molecule has 0 amide bonds. The maximum atomic E-state index is 14.3. The lowest BCUT2D eigenvalue weighted by molar-refractivity contribution is 0.638. The second-order valence-electron chi connectivity index (χ2n) is 5.90. The Balaban J connectivity index is 1.67. The first-order chi connectivity index (χ1) is 12.8. The number of anilines is 2. The number of fused-ring (bicyclic) bond motifs is 2. The van der Waals surface area contributed by atoms with E-state index in [4.69, 9.17) is 0 Å². The summed E-state index contributed by atoms with van der Waals surface area (Å²) in [6, 6.07) is 10.7. The van der Waals surface area contributed by atoms with Gasteiger partial charge in [0.1, 0.15) is 11.6 Å². The van der Waals surface area contributed by atoms with Crippen LogP contribution in [0.15, 0.2) is 61.2 Å². The molecule has 126 valence electrons. The summed E-state index contributed by atoms with van der Waals surface area (Å²) in [6.07, 6.45) is 7.03. The van der Waals surface area contributed by atoms with Gasteiger partial charge in [0.05, 0.1) is 10.9 Å². The first-order valence-electron chi connectivity index (χ1n) is 8.07. The Kier molecular flexibility index (Phi) is 3.18. The highest BCUT2D eigenvalue weighted by Gasteiger charge is 2.12. The molecule has 0 saturated heterocycles. The Labute approximate surface area is 147 Å². The first kappa shape index (κ1) is 14.6. The highest BCUT2D eigenvalue weighted by atomic mass is 19.1.